The Morgan fingerprint density at radius 1 is 1.15 bits per heavy atom. The Bertz CT molecular complexity index is 327. The molecule has 13 heavy (non-hydrogen) atoms. The SMILES string of the molecule is CNc1nc(C)nc(NC)c1C#N. The molecule has 1 aromatic rings. The zero-order valence-electron chi connectivity index (χ0n) is 7.84. The highest BCUT2D eigenvalue weighted by atomic mass is 15.1. The van der Waals surface area contributed by atoms with Crippen LogP contribution in [0.25, 0.3) is 0 Å². The molecule has 0 saturated heterocycles. The van der Waals surface area contributed by atoms with Crippen LogP contribution in [0.5, 0.6) is 0 Å². The molecule has 5 heteroatoms. The van der Waals surface area contributed by atoms with Crippen LogP contribution in [-0.2, 0) is 0 Å². The summed E-state index contributed by atoms with van der Waals surface area (Å²) in [5, 5.41) is 14.5. The summed E-state index contributed by atoms with van der Waals surface area (Å²) in [7, 11) is 3.45. The summed E-state index contributed by atoms with van der Waals surface area (Å²) in [5.74, 6) is 1.74. The highest BCUT2D eigenvalue weighted by molar-refractivity contribution is 5.64. The van der Waals surface area contributed by atoms with Gasteiger partial charge in [0.25, 0.3) is 0 Å². The van der Waals surface area contributed by atoms with E-state index < -0.39 is 0 Å². The zero-order chi connectivity index (χ0) is 9.84. The molecule has 0 fully saturated rings. The number of hydrogen-bond donors (Lipinski definition) is 2. The molecule has 5 nitrogen and oxygen atoms in total. The van der Waals surface area contributed by atoms with E-state index in [9.17, 15) is 0 Å². The van der Waals surface area contributed by atoms with Crippen molar-refractivity contribution in [1.29, 1.82) is 5.26 Å². The minimum absolute atomic E-state index is 0.440. The van der Waals surface area contributed by atoms with Crippen molar-refractivity contribution in [2.45, 2.75) is 6.92 Å². The number of nitrogens with one attached hydrogen (secondary N) is 2. The van der Waals surface area contributed by atoms with E-state index in [1.54, 1.807) is 21.0 Å². The Labute approximate surface area is 76.8 Å². The normalized spacial score (nSPS) is 9.08. The minimum atomic E-state index is 0.440. The van der Waals surface area contributed by atoms with Gasteiger partial charge in [0, 0.05) is 14.1 Å². The highest BCUT2D eigenvalue weighted by Gasteiger charge is 2.09. The lowest BCUT2D eigenvalue weighted by Crippen LogP contribution is -2.05. The molecule has 0 bridgehead atoms. The largest absolute Gasteiger partial charge is 0.372 e. The average Bonchev–Trinajstić information content (AvgIpc) is 2.16. The molecule has 1 aromatic heterocycles. The standard InChI is InChI=1S/C8H11N5/c1-5-12-7(10-2)6(4-9)8(11-3)13-5/h1-3H3,(H2,10,11,12,13). The third-order valence-corrected chi connectivity index (χ3v) is 1.61. The Balaban J connectivity index is 3.36. The molecule has 0 aliphatic carbocycles. The van der Waals surface area contributed by atoms with Gasteiger partial charge in [-0.3, -0.25) is 0 Å². The van der Waals surface area contributed by atoms with E-state index in [4.69, 9.17) is 5.26 Å². The Hall–Kier alpha value is -1.83. The number of nitriles is 1. The van der Waals surface area contributed by atoms with Gasteiger partial charge in [0.1, 0.15) is 29.1 Å². The van der Waals surface area contributed by atoms with Gasteiger partial charge in [-0.15, -0.1) is 0 Å². The predicted octanol–water partition coefficient (Wildman–Crippen LogP) is 0.740. The van der Waals surface area contributed by atoms with E-state index in [2.05, 4.69) is 20.6 Å². The molecular weight excluding hydrogens is 166 g/mol. The topological polar surface area (TPSA) is 73.6 Å². The van der Waals surface area contributed by atoms with E-state index in [0.29, 0.717) is 23.0 Å². The Kier molecular flexibility index (Phi) is 2.65. The van der Waals surface area contributed by atoms with Crippen molar-refractivity contribution in [2.75, 3.05) is 24.7 Å². The van der Waals surface area contributed by atoms with Crippen molar-refractivity contribution in [3.05, 3.63) is 11.4 Å². The van der Waals surface area contributed by atoms with Gasteiger partial charge in [-0.05, 0) is 6.92 Å². The number of anilines is 2. The number of aromatic nitrogens is 2. The van der Waals surface area contributed by atoms with Gasteiger partial charge < -0.3 is 10.6 Å². The van der Waals surface area contributed by atoms with Crippen LogP contribution in [0.3, 0.4) is 0 Å². The molecule has 2 N–H and O–H groups in total. The molecule has 0 atom stereocenters. The first-order chi connectivity index (χ1) is 6.22. The van der Waals surface area contributed by atoms with Crippen molar-refractivity contribution in [3.8, 4) is 6.07 Å². The predicted molar refractivity (Wildman–Crippen MR) is 50.6 cm³/mol. The van der Waals surface area contributed by atoms with E-state index in [1.807, 2.05) is 6.07 Å². The molecule has 1 rings (SSSR count). The maximum Gasteiger partial charge on any atom is 0.149 e. The van der Waals surface area contributed by atoms with Crippen molar-refractivity contribution in [1.82, 2.24) is 9.97 Å². The van der Waals surface area contributed by atoms with Crippen LogP contribution >= 0.6 is 0 Å². The van der Waals surface area contributed by atoms with Gasteiger partial charge in [0.2, 0.25) is 0 Å². The summed E-state index contributed by atoms with van der Waals surface area (Å²) in [6.07, 6.45) is 0. The Morgan fingerprint density at radius 2 is 1.62 bits per heavy atom. The molecule has 0 radical (unpaired) electrons. The fraction of sp³-hybridized carbons (Fsp3) is 0.375. The van der Waals surface area contributed by atoms with Gasteiger partial charge in [-0.1, -0.05) is 0 Å². The lowest BCUT2D eigenvalue weighted by atomic mass is 10.3. The summed E-state index contributed by atoms with van der Waals surface area (Å²) in [4.78, 5) is 8.17. The summed E-state index contributed by atoms with van der Waals surface area (Å²) in [6.45, 7) is 1.78. The highest BCUT2D eigenvalue weighted by Crippen LogP contribution is 2.18. The van der Waals surface area contributed by atoms with Crippen LogP contribution in [0.2, 0.25) is 0 Å². The molecule has 0 unspecified atom stereocenters. The molecular formula is C8H11N5. The van der Waals surface area contributed by atoms with Gasteiger partial charge in [-0.25, -0.2) is 9.97 Å². The number of aryl methyl sites for hydroxylation is 1. The second-order valence-electron chi connectivity index (χ2n) is 2.45. The summed E-state index contributed by atoms with van der Waals surface area (Å²) < 4.78 is 0. The molecule has 0 spiro atoms. The van der Waals surface area contributed by atoms with Crippen LogP contribution in [0.1, 0.15) is 11.4 Å². The lowest BCUT2D eigenvalue weighted by molar-refractivity contribution is 1.04. The fourth-order valence-electron chi connectivity index (χ4n) is 1.04. The van der Waals surface area contributed by atoms with Crippen LogP contribution in [0, 0.1) is 18.3 Å². The van der Waals surface area contributed by atoms with E-state index in [1.165, 1.54) is 0 Å². The second-order valence-corrected chi connectivity index (χ2v) is 2.45. The van der Waals surface area contributed by atoms with Gasteiger partial charge >= 0.3 is 0 Å². The van der Waals surface area contributed by atoms with Gasteiger partial charge in [-0.2, -0.15) is 5.26 Å². The van der Waals surface area contributed by atoms with Crippen molar-refractivity contribution in [2.24, 2.45) is 0 Å². The van der Waals surface area contributed by atoms with Crippen LogP contribution < -0.4 is 10.6 Å². The monoisotopic (exact) mass is 177 g/mol. The van der Waals surface area contributed by atoms with E-state index in [0.717, 1.165) is 0 Å². The van der Waals surface area contributed by atoms with Crippen molar-refractivity contribution in [3.63, 3.8) is 0 Å². The van der Waals surface area contributed by atoms with E-state index in [-0.39, 0.29) is 0 Å². The molecule has 0 aliphatic rings. The smallest absolute Gasteiger partial charge is 0.149 e. The number of hydrogen-bond acceptors (Lipinski definition) is 5. The quantitative estimate of drug-likeness (QED) is 0.697. The third kappa shape index (κ3) is 1.67. The minimum Gasteiger partial charge on any atom is -0.372 e. The van der Waals surface area contributed by atoms with E-state index >= 15 is 0 Å². The number of rotatable bonds is 2. The zero-order valence-corrected chi connectivity index (χ0v) is 7.84. The van der Waals surface area contributed by atoms with Crippen LogP contribution in [0.15, 0.2) is 0 Å². The summed E-state index contributed by atoms with van der Waals surface area (Å²) >= 11 is 0. The Morgan fingerprint density at radius 3 is 1.92 bits per heavy atom. The van der Waals surface area contributed by atoms with Gasteiger partial charge in [0.05, 0.1) is 0 Å². The van der Waals surface area contributed by atoms with Crippen molar-refractivity contribution < 1.29 is 0 Å². The first-order valence-electron chi connectivity index (χ1n) is 3.87. The van der Waals surface area contributed by atoms with Gasteiger partial charge in [0.15, 0.2) is 0 Å². The van der Waals surface area contributed by atoms with Crippen LogP contribution in [0.4, 0.5) is 11.6 Å². The van der Waals surface area contributed by atoms with Crippen LogP contribution in [-0.4, -0.2) is 24.1 Å². The number of nitrogens with zero attached hydrogens (tertiary/aromatic N) is 3. The molecule has 0 aliphatic heterocycles. The fourth-order valence-corrected chi connectivity index (χ4v) is 1.04. The molecule has 1 heterocycles. The van der Waals surface area contributed by atoms with Crippen molar-refractivity contribution >= 4 is 11.6 Å². The molecule has 0 saturated carbocycles. The maximum absolute atomic E-state index is 8.84. The first kappa shape index (κ1) is 9.26. The maximum atomic E-state index is 8.84. The first-order valence-corrected chi connectivity index (χ1v) is 3.87. The molecule has 0 amide bonds. The summed E-state index contributed by atoms with van der Waals surface area (Å²) in [6, 6.07) is 2.04. The molecule has 0 aromatic carbocycles. The summed E-state index contributed by atoms with van der Waals surface area (Å²) in [5.41, 5.74) is 0.440. The molecule has 68 valence electrons. The second kappa shape index (κ2) is 3.72. The average molecular weight is 177 g/mol. The third-order valence-electron chi connectivity index (χ3n) is 1.61. The lowest BCUT2D eigenvalue weighted by Gasteiger charge is -2.07.